The van der Waals surface area contributed by atoms with Crippen molar-refractivity contribution in [3.05, 3.63) is 54.2 Å². The molecule has 0 saturated carbocycles. The SMILES string of the molecule is [CH2]C(O)C(C(=O)c1ccc(CO)o1)C(=O)c1ccc(CO)o1. The van der Waals surface area contributed by atoms with Crippen molar-refractivity contribution in [2.75, 3.05) is 0 Å². The minimum Gasteiger partial charge on any atom is -0.455 e. The molecule has 0 fully saturated rings. The molecule has 117 valence electrons. The van der Waals surface area contributed by atoms with Gasteiger partial charge in [0.25, 0.3) is 0 Å². The predicted molar refractivity (Wildman–Crippen MR) is 72.8 cm³/mol. The van der Waals surface area contributed by atoms with Gasteiger partial charge in [0.15, 0.2) is 11.5 Å². The third-order valence-corrected chi connectivity index (χ3v) is 3.07. The first-order valence-corrected chi connectivity index (χ1v) is 6.46. The number of carbonyl (C=O) groups excluding carboxylic acids is 2. The first-order chi connectivity index (χ1) is 10.5. The largest absolute Gasteiger partial charge is 0.455 e. The van der Waals surface area contributed by atoms with Crippen molar-refractivity contribution < 1.29 is 33.7 Å². The lowest BCUT2D eigenvalue weighted by atomic mass is 9.91. The van der Waals surface area contributed by atoms with Gasteiger partial charge in [-0.1, -0.05) is 0 Å². The van der Waals surface area contributed by atoms with Gasteiger partial charge in [0.1, 0.15) is 30.7 Å². The molecule has 0 bridgehead atoms. The standard InChI is InChI=1S/C15H15O7/c1-8(18)13(14(19)11-4-2-9(6-16)21-11)15(20)12-5-3-10(7-17)22-12/h2-5,8,13,16-18H,1,6-7H2. The Morgan fingerprint density at radius 1 is 0.955 bits per heavy atom. The molecule has 2 aromatic rings. The predicted octanol–water partition coefficient (Wildman–Crippen LogP) is 0.734. The molecule has 1 radical (unpaired) electrons. The number of ketones is 2. The van der Waals surface area contributed by atoms with Crippen LogP contribution in [0.2, 0.25) is 0 Å². The number of hydrogen-bond donors (Lipinski definition) is 3. The second kappa shape index (κ2) is 6.69. The summed E-state index contributed by atoms with van der Waals surface area (Å²) >= 11 is 0. The molecule has 0 aliphatic rings. The summed E-state index contributed by atoms with van der Waals surface area (Å²) in [6.07, 6.45) is -1.51. The van der Waals surface area contributed by atoms with Crippen LogP contribution in [-0.4, -0.2) is 33.0 Å². The zero-order valence-corrected chi connectivity index (χ0v) is 11.6. The van der Waals surface area contributed by atoms with Gasteiger partial charge in [-0.05, 0) is 31.2 Å². The van der Waals surface area contributed by atoms with Gasteiger partial charge < -0.3 is 24.2 Å². The molecule has 1 atom stereocenters. The van der Waals surface area contributed by atoms with E-state index in [9.17, 15) is 14.7 Å². The quantitative estimate of drug-likeness (QED) is 0.509. The van der Waals surface area contributed by atoms with E-state index in [0.29, 0.717) is 0 Å². The second-order valence-electron chi connectivity index (χ2n) is 4.62. The molecular formula is C15H15O7. The molecule has 0 aliphatic heterocycles. The number of carbonyl (C=O) groups is 2. The van der Waals surface area contributed by atoms with Gasteiger partial charge in [0, 0.05) is 0 Å². The zero-order chi connectivity index (χ0) is 16.3. The van der Waals surface area contributed by atoms with Crippen LogP contribution in [0.4, 0.5) is 0 Å². The number of furan rings is 2. The average molecular weight is 307 g/mol. The Kier molecular flexibility index (Phi) is 4.92. The summed E-state index contributed by atoms with van der Waals surface area (Å²) in [4.78, 5) is 24.6. The van der Waals surface area contributed by atoms with Crippen LogP contribution in [0, 0.1) is 12.8 Å². The third-order valence-electron chi connectivity index (χ3n) is 3.07. The Bertz CT molecular complexity index is 611. The zero-order valence-electron chi connectivity index (χ0n) is 11.6. The van der Waals surface area contributed by atoms with Crippen molar-refractivity contribution in [1.82, 2.24) is 0 Å². The lowest BCUT2D eigenvalue weighted by molar-refractivity contribution is 0.0622. The van der Waals surface area contributed by atoms with Gasteiger partial charge in [0.2, 0.25) is 11.6 Å². The van der Waals surface area contributed by atoms with Gasteiger partial charge in [0.05, 0.1) is 6.10 Å². The van der Waals surface area contributed by atoms with Crippen LogP contribution in [-0.2, 0) is 13.2 Å². The molecule has 7 heteroatoms. The first kappa shape index (κ1) is 16.2. The van der Waals surface area contributed by atoms with Crippen molar-refractivity contribution in [2.45, 2.75) is 19.3 Å². The minimum atomic E-state index is -1.51. The Hall–Kier alpha value is -2.22. The summed E-state index contributed by atoms with van der Waals surface area (Å²) < 4.78 is 10.2. The van der Waals surface area contributed by atoms with Crippen molar-refractivity contribution in [3.8, 4) is 0 Å². The van der Waals surface area contributed by atoms with Crippen LogP contribution in [0.15, 0.2) is 33.1 Å². The molecule has 0 amide bonds. The third kappa shape index (κ3) is 3.16. The maximum atomic E-state index is 12.3. The number of aliphatic hydroxyl groups is 3. The molecule has 0 aliphatic carbocycles. The van der Waals surface area contributed by atoms with Crippen LogP contribution < -0.4 is 0 Å². The average Bonchev–Trinajstić information content (AvgIpc) is 3.15. The number of rotatable bonds is 7. The van der Waals surface area contributed by atoms with Gasteiger partial charge in [-0.15, -0.1) is 0 Å². The summed E-state index contributed by atoms with van der Waals surface area (Å²) in [5, 5.41) is 27.5. The molecule has 2 aromatic heterocycles. The van der Waals surface area contributed by atoms with E-state index in [4.69, 9.17) is 19.0 Å². The highest BCUT2D eigenvalue weighted by atomic mass is 16.4. The van der Waals surface area contributed by atoms with Crippen LogP contribution in [0.5, 0.6) is 0 Å². The van der Waals surface area contributed by atoms with Crippen LogP contribution in [0.1, 0.15) is 32.6 Å². The number of aliphatic hydroxyl groups excluding tert-OH is 3. The summed E-state index contributed by atoms with van der Waals surface area (Å²) in [7, 11) is 0. The number of hydrogen-bond acceptors (Lipinski definition) is 7. The Morgan fingerprint density at radius 2 is 1.36 bits per heavy atom. The summed E-state index contributed by atoms with van der Waals surface area (Å²) in [5.74, 6) is -3.06. The van der Waals surface area contributed by atoms with E-state index in [1.54, 1.807) is 0 Å². The van der Waals surface area contributed by atoms with E-state index in [2.05, 4.69) is 6.92 Å². The van der Waals surface area contributed by atoms with Crippen molar-refractivity contribution in [2.24, 2.45) is 5.92 Å². The van der Waals surface area contributed by atoms with E-state index in [-0.39, 0.29) is 23.0 Å². The molecule has 1 unspecified atom stereocenters. The lowest BCUT2D eigenvalue weighted by Crippen LogP contribution is -2.33. The minimum absolute atomic E-state index is 0.161. The first-order valence-electron chi connectivity index (χ1n) is 6.46. The maximum Gasteiger partial charge on any atom is 0.211 e. The fraction of sp³-hybridized carbons (Fsp3) is 0.267. The molecule has 7 nitrogen and oxygen atoms in total. The van der Waals surface area contributed by atoms with Gasteiger partial charge >= 0.3 is 0 Å². The van der Waals surface area contributed by atoms with E-state index in [0.717, 1.165) is 0 Å². The lowest BCUT2D eigenvalue weighted by Gasteiger charge is -2.14. The van der Waals surface area contributed by atoms with Gasteiger partial charge in [-0.3, -0.25) is 9.59 Å². The fourth-order valence-corrected chi connectivity index (χ4v) is 1.97. The molecule has 2 heterocycles. The maximum absolute atomic E-state index is 12.3. The second-order valence-corrected chi connectivity index (χ2v) is 4.62. The van der Waals surface area contributed by atoms with Crippen LogP contribution in [0.25, 0.3) is 0 Å². The summed E-state index contributed by atoms with van der Waals surface area (Å²) in [6, 6.07) is 5.39. The van der Waals surface area contributed by atoms with Crippen molar-refractivity contribution in [3.63, 3.8) is 0 Å². The summed E-state index contributed by atoms with van der Waals surface area (Å²) in [6.45, 7) is 2.53. The summed E-state index contributed by atoms with van der Waals surface area (Å²) in [5.41, 5.74) is 0. The van der Waals surface area contributed by atoms with E-state index in [1.165, 1.54) is 24.3 Å². The molecule has 2 rings (SSSR count). The van der Waals surface area contributed by atoms with Crippen LogP contribution >= 0.6 is 0 Å². The fourth-order valence-electron chi connectivity index (χ4n) is 1.97. The monoisotopic (exact) mass is 307 g/mol. The molecule has 0 aromatic carbocycles. The molecule has 0 saturated heterocycles. The van der Waals surface area contributed by atoms with Crippen molar-refractivity contribution in [1.29, 1.82) is 0 Å². The van der Waals surface area contributed by atoms with Gasteiger partial charge in [-0.2, -0.15) is 0 Å². The Morgan fingerprint density at radius 3 is 1.64 bits per heavy atom. The molecule has 22 heavy (non-hydrogen) atoms. The van der Waals surface area contributed by atoms with Gasteiger partial charge in [-0.25, -0.2) is 0 Å². The van der Waals surface area contributed by atoms with E-state index in [1.807, 2.05) is 0 Å². The molecular weight excluding hydrogens is 292 g/mol. The van der Waals surface area contributed by atoms with E-state index >= 15 is 0 Å². The highest BCUT2D eigenvalue weighted by Gasteiger charge is 2.36. The van der Waals surface area contributed by atoms with Crippen LogP contribution in [0.3, 0.4) is 0 Å². The highest BCUT2D eigenvalue weighted by Crippen LogP contribution is 2.21. The Balaban J connectivity index is 2.29. The number of Topliss-reactive ketones (excluding diaryl/α,β-unsaturated/α-hetero) is 2. The highest BCUT2D eigenvalue weighted by molar-refractivity contribution is 6.14. The molecule has 0 spiro atoms. The van der Waals surface area contributed by atoms with Crippen molar-refractivity contribution >= 4 is 11.6 Å². The normalized spacial score (nSPS) is 12.6. The Labute approximate surface area is 125 Å². The smallest absolute Gasteiger partial charge is 0.211 e. The topological polar surface area (TPSA) is 121 Å². The van der Waals surface area contributed by atoms with E-state index < -0.39 is 36.8 Å². The molecule has 3 N–H and O–H groups in total.